The van der Waals surface area contributed by atoms with E-state index in [1.54, 1.807) is 30.7 Å². The van der Waals surface area contributed by atoms with Crippen molar-refractivity contribution in [3.63, 3.8) is 0 Å². The van der Waals surface area contributed by atoms with Crippen LogP contribution in [0.25, 0.3) is 43.4 Å². The fraction of sp³-hybridized carbons (Fsp3) is 0.492. The maximum absolute atomic E-state index is 17.6. The number of fused-ring (bicyclic) bond motifs is 3. The van der Waals surface area contributed by atoms with Gasteiger partial charge in [0.1, 0.15) is 48.0 Å². The van der Waals surface area contributed by atoms with Gasteiger partial charge in [-0.3, -0.25) is 19.5 Å². The number of hydrogen-bond donors (Lipinski definition) is 2. The number of hydrogen-bond acceptors (Lipinski definition) is 16. The Hall–Kier alpha value is -6.80. The first-order chi connectivity index (χ1) is 38.8. The number of aryl methyl sites for hydroxylation is 2. The van der Waals surface area contributed by atoms with E-state index >= 15 is 4.39 Å². The van der Waals surface area contributed by atoms with Crippen LogP contribution in [0.5, 0.6) is 17.6 Å². The minimum atomic E-state index is -0.863. The lowest BCUT2D eigenvalue weighted by Gasteiger charge is -2.34. The average Bonchev–Trinajstić information content (AvgIpc) is 4.32. The van der Waals surface area contributed by atoms with Crippen molar-refractivity contribution < 1.29 is 42.6 Å². The van der Waals surface area contributed by atoms with Crippen LogP contribution >= 0.6 is 11.3 Å². The van der Waals surface area contributed by atoms with Crippen LogP contribution in [0.3, 0.4) is 0 Å². The summed E-state index contributed by atoms with van der Waals surface area (Å²) in [4.78, 5) is 54.8. The lowest BCUT2D eigenvalue weighted by molar-refractivity contribution is -0.141. The Balaban J connectivity index is 0.779. The van der Waals surface area contributed by atoms with Gasteiger partial charge in [0.25, 0.3) is 5.88 Å². The van der Waals surface area contributed by atoms with Crippen LogP contribution in [0.1, 0.15) is 120 Å². The Bertz CT molecular complexity index is 3350. The predicted octanol–water partition coefficient (Wildman–Crippen LogP) is 10.4. The maximum Gasteiger partial charge on any atom is 0.319 e. The Morgan fingerprint density at radius 2 is 1.77 bits per heavy atom. The zero-order valence-corrected chi connectivity index (χ0v) is 47.4. The van der Waals surface area contributed by atoms with Crippen LogP contribution in [0.2, 0.25) is 0 Å². The topological polar surface area (TPSA) is 191 Å². The van der Waals surface area contributed by atoms with Crippen LogP contribution in [0.4, 0.5) is 10.2 Å². The fourth-order valence-corrected chi connectivity index (χ4v) is 13.6. The largest absolute Gasteiger partial charge is 0.474 e. The van der Waals surface area contributed by atoms with E-state index < -0.39 is 23.9 Å². The number of rotatable bonds is 19. The zero-order chi connectivity index (χ0) is 55.7. The molecular weight excluding hydrogens is 1040 g/mol. The molecule has 2 amide bonds. The molecule has 422 valence electrons. The van der Waals surface area contributed by atoms with Gasteiger partial charge in [-0.25, -0.2) is 9.37 Å². The molecular formula is C61H72FN9O8S. The van der Waals surface area contributed by atoms with Crippen LogP contribution in [0, 0.1) is 18.7 Å². The first kappa shape index (κ1) is 55.1. The number of carbonyl (C=O) groups is 2. The Morgan fingerprint density at radius 1 is 0.963 bits per heavy atom. The second-order valence-corrected chi connectivity index (χ2v) is 23.3. The molecule has 3 aromatic carbocycles. The van der Waals surface area contributed by atoms with Crippen LogP contribution in [-0.2, 0) is 20.7 Å². The van der Waals surface area contributed by atoms with Gasteiger partial charge >= 0.3 is 6.01 Å². The van der Waals surface area contributed by atoms with Crippen molar-refractivity contribution in [2.24, 2.45) is 5.92 Å². The Morgan fingerprint density at radius 3 is 2.52 bits per heavy atom. The molecule has 19 heteroatoms. The highest BCUT2D eigenvalue weighted by Crippen LogP contribution is 2.44. The third kappa shape index (κ3) is 11.0. The molecule has 0 bridgehead atoms. The highest BCUT2D eigenvalue weighted by Gasteiger charge is 2.50. The summed E-state index contributed by atoms with van der Waals surface area (Å²) in [5.41, 5.74) is 6.48. The number of anilines is 1. The van der Waals surface area contributed by atoms with Crippen molar-refractivity contribution in [3.05, 3.63) is 101 Å². The number of aliphatic hydroxyl groups is 1. The van der Waals surface area contributed by atoms with E-state index in [4.69, 9.17) is 38.4 Å². The van der Waals surface area contributed by atoms with Crippen LogP contribution < -0.4 is 24.4 Å². The Labute approximate surface area is 470 Å². The molecule has 11 rings (SSSR count). The molecule has 4 fully saturated rings. The smallest absolute Gasteiger partial charge is 0.319 e. The second-order valence-electron chi connectivity index (χ2n) is 22.4. The van der Waals surface area contributed by atoms with Crippen molar-refractivity contribution in [2.45, 2.75) is 135 Å². The quantitative estimate of drug-likeness (QED) is 0.0727. The van der Waals surface area contributed by atoms with Gasteiger partial charge in [0, 0.05) is 57.0 Å². The standard InChI is InChI=1S/C61H72FN9O8S/c1-7-39-14-12-15-42-26-45(78-35-75-6)28-46(52(39)42)54-53(62)55-47(30-63-54)57(69-23-10-8-9-11-24-69)67-60(66-55)77-33-61-21-13-25-71(61)43(20-22-61)32-76-50-29-49(79-68-50)51(36(2)3)59(74)70-31-44(72)27-48(70)58(73)65-37(4)40-16-18-41(19-17-40)56-38(5)64-34-80-56/h12,14-19,26,28-30,34,36-37,43-44,48,51,72H,7-11,13,20-25,27,31-33,35H2,1-6H3,(H,65,73)/t37-,43-,44+,48-,51?,61+/m0/s1. The average molecular weight is 1110 g/mol. The van der Waals surface area contributed by atoms with E-state index in [-0.39, 0.29) is 78.2 Å². The number of nitrogens with one attached hydrogen (secondary N) is 1. The minimum Gasteiger partial charge on any atom is -0.474 e. The summed E-state index contributed by atoms with van der Waals surface area (Å²) in [5.74, 6) is -0.423. The highest BCUT2D eigenvalue weighted by molar-refractivity contribution is 7.13. The molecule has 0 spiro atoms. The van der Waals surface area contributed by atoms with E-state index in [0.29, 0.717) is 41.5 Å². The number of pyridine rings is 1. The normalized spacial score (nSPS) is 21.3. The second kappa shape index (κ2) is 23.7. The first-order valence-corrected chi connectivity index (χ1v) is 29.3. The number of nitrogens with zero attached hydrogens (tertiary/aromatic N) is 8. The highest BCUT2D eigenvalue weighted by atomic mass is 32.1. The van der Waals surface area contributed by atoms with Gasteiger partial charge in [0.15, 0.2) is 18.4 Å². The van der Waals surface area contributed by atoms with Crippen molar-refractivity contribution in [2.75, 3.05) is 58.2 Å². The van der Waals surface area contributed by atoms with Gasteiger partial charge in [-0.05, 0) is 116 Å². The molecule has 7 aromatic rings. The van der Waals surface area contributed by atoms with Gasteiger partial charge in [-0.2, -0.15) is 9.97 Å². The van der Waals surface area contributed by atoms with Crippen LogP contribution in [0.15, 0.2) is 76.9 Å². The number of aromatic nitrogens is 5. The molecule has 4 aliphatic heterocycles. The van der Waals surface area contributed by atoms with E-state index in [9.17, 15) is 14.7 Å². The van der Waals surface area contributed by atoms with Gasteiger partial charge in [-0.1, -0.05) is 76.1 Å². The molecule has 17 nitrogen and oxygen atoms in total. The SMILES string of the molecule is CCc1cccc2cc(OCOC)cc(-c3ncc4c(N5CCCCCC5)nc(OC[C@]56CCCN5[C@H](COc5cc(C(C(=O)N7C[C@H](O)C[C@H]7C(=O)N[C@@H](C)c7ccc(-c8scnc8C)cc7)C(C)C)on5)CC6)nc4c3F)c12. The molecule has 8 heterocycles. The predicted molar refractivity (Wildman–Crippen MR) is 305 cm³/mol. The molecule has 0 saturated carbocycles. The number of amides is 2. The molecule has 2 N–H and O–H groups in total. The molecule has 6 atom stereocenters. The summed E-state index contributed by atoms with van der Waals surface area (Å²) < 4.78 is 47.6. The molecule has 4 aliphatic rings. The lowest BCUT2D eigenvalue weighted by atomic mass is 9.91. The van der Waals surface area contributed by atoms with Crippen molar-refractivity contribution in [1.82, 2.24) is 40.2 Å². The summed E-state index contributed by atoms with van der Waals surface area (Å²) in [5, 5.41) is 20.6. The summed E-state index contributed by atoms with van der Waals surface area (Å²) in [6.07, 6.45) is 9.54. The monoisotopic (exact) mass is 1110 g/mol. The summed E-state index contributed by atoms with van der Waals surface area (Å²) in [6.45, 7) is 13.0. The third-order valence-electron chi connectivity index (χ3n) is 16.9. The number of methoxy groups -OCH3 is 1. The molecule has 4 saturated heterocycles. The third-order valence-corrected chi connectivity index (χ3v) is 17.9. The van der Waals surface area contributed by atoms with E-state index in [1.807, 2.05) is 81.7 Å². The first-order valence-electron chi connectivity index (χ1n) is 28.4. The minimum absolute atomic E-state index is 0.0262. The van der Waals surface area contributed by atoms with Gasteiger partial charge in [0.2, 0.25) is 11.8 Å². The summed E-state index contributed by atoms with van der Waals surface area (Å²) >= 11 is 1.59. The zero-order valence-electron chi connectivity index (χ0n) is 46.6. The maximum atomic E-state index is 17.6. The van der Waals surface area contributed by atoms with Gasteiger partial charge in [0.05, 0.1) is 39.2 Å². The number of likely N-dealkylation sites (tertiary alicyclic amines) is 1. The number of aliphatic hydroxyl groups excluding tert-OH is 1. The Kier molecular flexibility index (Phi) is 16.3. The molecule has 4 aromatic heterocycles. The molecule has 1 unspecified atom stereocenters. The molecule has 0 radical (unpaired) electrons. The fourth-order valence-electron chi connectivity index (χ4n) is 12.7. The number of thiazole rings is 1. The number of benzene rings is 3. The van der Waals surface area contributed by atoms with E-state index in [0.717, 1.165) is 115 Å². The number of β-amino-alcohol motifs (C(OH)–C–C–N with tert-alkyl or cyclic N) is 1. The number of halogens is 1. The molecule has 0 aliphatic carbocycles. The van der Waals surface area contributed by atoms with E-state index in [2.05, 4.69) is 38.2 Å². The van der Waals surface area contributed by atoms with Crippen molar-refractivity contribution in [1.29, 1.82) is 0 Å². The summed E-state index contributed by atoms with van der Waals surface area (Å²) in [7, 11) is 1.57. The number of ether oxygens (including phenoxy) is 4. The van der Waals surface area contributed by atoms with Crippen molar-refractivity contribution in [3.8, 4) is 39.3 Å². The number of carbonyl (C=O) groups excluding carboxylic acids is 2. The van der Waals surface area contributed by atoms with Crippen molar-refractivity contribution >= 4 is 50.6 Å². The summed E-state index contributed by atoms with van der Waals surface area (Å²) in [6, 6.07) is 18.5. The van der Waals surface area contributed by atoms with Gasteiger partial charge in [-0.15, -0.1) is 11.3 Å². The lowest BCUT2D eigenvalue weighted by Crippen LogP contribution is -2.48. The van der Waals surface area contributed by atoms with E-state index in [1.165, 1.54) is 4.90 Å². The molecule has 80 heavy (non-hydrogen) atoms. The van der Waals surface area contributed by atoms with Gasteiger partial charge < -0.3 is 43.7 Å². The van der Waals surface area contributed by atoms with Crippen LogP contribution in [-0.4, -0.2) is 129 Å².